The van der Waals surface area contributed by atoms with Crippen LogP contribution in [0.2, 0.25) is 5.02 Å². The third-order valence-electron chi connectivity index (χ3n) is 2.55. The van der Waals surface area contributed by atoms with Gasteiger partial charge in [-0.1, -0.05) is 23.7 Å². The number of nitriles is 1. The minimum atomic E-state index is -1.49. The minimum Gasteiger partial charge on any atom is -0.384 e. The molecule has 2 unspecified atom stereocenters. The van der Waals surface area contributed by atoms with Crippen molar-refractivity contribution >= 4 is 11.6 Å². The van der Waals surface area contributed by atoms with Crippen molar-refractivity contribution in [3.05, 3.63) is 41.0 Å². The molecule has 92 valence electrons. The van der Waals surface area contributed by atoms with Gasteiger partial charge >= 0.3 is 0 Å². The van der Waals surface area contributed by atoms with Crippen molar-refractivity contribution in [1.29, 1.82) is 5.26 Å². The number of hydrogen-bond donors (Lipinski definition) is 3. The fourth-order valence-corrected chi connectivity index (χ4v) is 1.73. The summed E-state index contributed by atoms with van der Waals surface area (Å²) in [5.41, 5.74) is 1.68. The molecule has 0 aliphatic rings. The molecule has 1 heterocycles. The molecule has 1 aromatic carbocycles. The zero-order valence-corrected chi connectivity index (χ0v) is 9.96. The molecule has 0 aliphatic heterocycles. The number of benzene rings is 1. The van der Waals surface area contributed by atoms with E-state index in [4.69, 9.17) is 16.9 Å². The molecule has 2 rings (SSSR count). The number of nitrogens with one attached hydrogen (secondary N) is 1. The van der Waals surface area contributed by atoms with Crippen molar-refractivity contribution < 1.29 is 10.2 Å². The van der Waals surface area contributed by atoms with E-state index in [9.17, 15) is 10.2 Å². The second kappa shape index (κ2) is 5.19. The second-order valence-electron chi connectivity index (χ2n) is 3.73. The molecule has 0 fully saturated rings. The molecule has 5 nitrogen and oxygen atoms in total. The largest absolute Gasteiger partial charge is 0.384 e. The van der Waals surface area contributed by atoms with E-state index in [0.717, 1.165) is 5.56 Å². The van der Waals surface area contributed by atoms with Gasteiger partial charge in [0, 0.05) is 16.1 Å². The molecule has 0 amide bonds. The molecule has 1 aromatic heterocycles. The Kier molecular flexibility index (Phi) is 3.63. The highest BCUT2D eigenvalue weighted by Crippen LogP contribution is 2.28. The summed E-state index contributed by atoms with van der Waals surface area (Å²) in [4.78, 5) is 0. The van der Waals surface area contributed by atoms with E-state index < -0.39 is 12.2 Å². The molecule has 18 heavy (non-hydrogen) atoms. The van der Waals surface area contributed by atoms with Crippen LogP contribution in [0.1, 0.15) is 11.7 Å². The lowest BCUT2D eigenvalue weighted by molar-refractivity contribution is 0.0532. The number of aromatic amines is 1. The van der Waals surface area contributed by atoms with Crippen LogP contribution in [0.5, 0.6) is 0 Å². The fraction of sp³-hybridized carbons (Fsp3) is 0.167. The average molecular weight is 264 g/mol. The van der Waals surface area contributed by atoms with Crippen LogP contribution in [0.4, 0.5) is 0 Å². The Morgan fingerprint density at radius 3 is 2.56 bits per heavy atom. The van der Waals surface area contributed by atoms with Crippen LogP contribution in [-0.2, 0) is 0 Å². The fourth-order valence-electron chi connectivity index (χ4n) is 1.61. The van der Waals surface area contributed by atoms with Crippen LogP contribution in [0, 0.1) is 11.3 Å². The van der Waals surface area contributed by atoms with Crippen molar-refractivity contribution in [3.63, 3.8) is 0 Å². The molecule has 6 heteroatoms. The lowest BCUT2D eigenvalue weighted by Gasteiger charge is -2.11. The second-order valence-corrected chi connectivity index (χ2v) is 4.16. The Hall–Kier alpha value is -1.87. The van der Waals surface area contributed by atoms with Gasteiger partial charge in [-0.25, -0.2) is 0 Å². The van der Waals surface area contributed by atoms with Gasteiger partial charge in [-0.05, 0) is 12.1 Å². The van der Waals surface area contributed by atoms with Crippen LogP contribution in [0.3, 0.4) is 0 Å². The number of aliphatic hydroxyl groups excluding tert-OH is 2. The van der Waals surface area contributed by atoms with Gasteiger partial charge in [0.05, 0.1) is 18.0 Å². The highest BCUT2D eigenvalue weighted by atomic mass is 35.5. The standard InChI is InChI=1S/C12H10ClN3O2/c13-8-3-1-7(2-4-8)11-9(6-15-16-11)12(18)10(17)5-14/h1-4,6,10,12,17-18H,(H,15,16). The molecule has 0 aliphatic carbocycles. The predicted octanol–water partition coefficient (Wildman–Crippen LogP) is 1.65. The Labute approximate surface area is 108 Å². The summed E-state index contributed by atoms with van der Waals surface area (Å²) in [6.07, 6.45) is -1.41. The monoisotopic (exact) mass is 263 g/mol. The van der Waals surface area contributed by atoms with Crippen molar-refractivity contribution in [2.75, 3.05) is 0 Å². The van der Waals surface area contributed by atoms with E-state index in [0.29, 0.717) is 16.3 Å². The summed E-state index contributed by atoms with van der Waals surface area (Å²) in [5.74, 6) is 0. The van der Waals surface area contributed by atoms with Gasteiger partial charge in [0.25, 0.3) is 0 Å². The van der Waals surface area contributed by atoms with Gasteiger partial charge in [0.1, 0.15) is 6.10 Å². The third-order valence-corrected chi connectivity index (χ3v) is 2.80. The molecule has 2 atom stereocenters. The predicted molar refractivity (Wildman–Crippen MR) is 65.6 cm³/mol. The van der Waals surface area contributed by atoms with E-state index in [2.05, 4.69) is 10.2 Å². The summed E-state index contributed by atoms with van der Waals surface area (Å²) in [6, 6.07) is 8.50. The number of halogens is 1. The smallest absolute Gasteiger partial charge is 0.170 e. The molecular weight excluding hydrogens is 254 g/mol. The maximum Gasteiger partial charge on any atom is 0.170 e. The highest BCUT2D eigenvalue weighted by Gasteiger charge is 2.22. The van der Waals surface area contributed by atoms with E-state index in [1.165, 1.54) is 6.20 Å². The molecule has 3 N–H and O–H groups in total. The number of aliphatic hydroxyl groups is 2. The van der Waals surface area contributed by atoms with E-state index >= 15 is 0 Å². The number of H-pyrrole nitrogens is 1. The number of aromatic nitrogens is 2. The third kappa shape index (κ3) is 2.36. The van der Waals surface area contributed by atoms with Crippen LogP contribution in [-0.4, -0.2) is 26.5 Å². The molecule has 0 spiro atoms. The van der Waals surface area contributed by atoms with Gasteiger partial charge in [-0.15, -0.1) is 0 Å². The van der Waals surface area contributed by atoms with E-state index in [1.54, 1.807) is 30.3 Å². The molecule has 0 radical (unpaired) electrons. The first-order valence-electron chi connectivity index (χ1n) is 5.18. The zero-order chi connectivity index (χ0) is 13.1. The topological polar surface area (TPSA) is 92.9 Å². The van der Waals surface area contributed by atoms with Gasteiger partial charge in [0.2, 0.25) is 0 Å². The molecule has 2 aromatic rings. The lowest BCUT2D eigenvalue weighted by atomic mass is 10.0. The van der Waals surface area contributed by atoms with Gasteiger partial charge in [-0.3, -0.25) is 5.10 Å². The van der Waals surface area contributed by atoms with E-state index in [1.807, 2.05) is 0 Å². The summed E-state index contributed by atoms with van der Waals surface area (Å²) in [7, 11) is 0. The number of nitrogens with zero attached hydrogens (tertiary/aromatic N) is 2. The van der Waals surface area contributed by atoms with Gasteiger partial charge in [0.15, 0.2) is 6.10 Å². The normalized spacial score (nSPS) is 13.9. The number of hydrogen-bond acceptors (Lipinski definition) is 4. The zero-order valence-electron chi connectivity index (χ0n) is 9.21. The van der Waals surface area contributed by atoms with Gasteiger partial charge in [-0.2, -0.15) is 10.4 Å². The molecular formula is C12H10ClN3O2. The maximum atomic E-state index is 9.82. The summed E-state index contributed by atoms with van der Waals surface area (Å²) in [6.45, 7) is 0. The molecule has 0 bridgehead atoms. The minimum absolute atomic E-state index is 0.367. The quantitative estimate of drug-likeness (QED) is 0.734. The Morgan fingerprint density at radius 2 is 1.94 bits per heavy atom. The number of rotatable bonds is 3. The Balaban J connectivity index is 2.39. The molecule has 0 saturated carbocycles. The first-order valence-corrected chi connectivity index (χ1v) is 5.56. The Morgan fingerprint density at radius 1 is 1.28 bits per heavy atom. The SMILES string of the molecule is N#CC(O)C(O)c1cn[nH]c1-c1ccc(Cl)cc1. The summed E-state index contributed by atoms with van der Waals surface area (Å²) < 4.78 is 0. The van der Waals surface area contributed by atoms with Crippen molar-refractivity contribution in [2.24, 2.45) is 0 Å². The van der Waals surface area contributed by atoms with Crippen molar-refractivity contribution in [3.8, 4) is 17.3 Å². The highest BCUT2D eigenvalue weighted by molar-refractivity contribution is 6.30. The summed E-state index contributed by atoms with van der Waals surface area (Å²) >= 11 is 5.79. The van der Waals surface area contributed by atoms with Crippen LogP contribution in [0.25, 0.3) is 11.3 Å². The van der Waals surface area contributed by atoms with Crippen LogP contribution >= 0.6 is 11.6 Å². The van der Waals surface area contributed by atoms with Crippen molar-refractivity contribution in [1.82, 2.24) is 10.2 Å². The van der Waals surface area contributed by atoms with Gasteiger partial charge < -0.3 is 10.2 Å². The van der Waals surface area contributed by atoms with E-state index in [-0.39, 0.29) is 0 Å². The molecule has 0 saturated heterocycles. The van der Waals surface area contributed by atoms with Crippen LogP contribution < -0.4 is 0 Å². The maximum absolute atomic E-state index is 9.82. The van der Waals surface area contributed by atoms with Crippen LogP contribution in [0.15, 0.2) is 30.5 Å². The average Bonchev–Trinajstić information content (AvgIpc) is 2.87. The first kappa shape index (κ1) is 12.6. The van der Waals surface area contributed by atoms with Crippen molar-refractivity contribution in [2.45, 2.75) is 12.2 Å². The lowest BCUT2D eigenvalue weighted by Crippen LogP contribution is -2.15. The summed E-state index contributed by atoms with van der Waals surface area (Å²) in [5, 5.41) is 34.9. The first-order chi connectivity index (χ1) is 8.63. The Bertz CT molecular complexity index is 574.